The molecule has 0 radical (unpaired) electrons. The normalized spacial score (nSPS) is 10.4. The Morgan fingerprint density at radius 3 is 3.10 bits per heavy atom. The molecular formula is C15H18N2O2S2. The number of carbonyl (C=O) groups excluding carboxylic acids is 1. The van der Waals surface area contributed by atoms with Crippen molar-refractivity contribution in [1.29, 1.82) is 0 Å². The Bertz CT molecular complexity index is 599. The van der Waals surface area contributed by atoms with Crippen LogP contribution in [0.2, 0.25) is 0 Å². The molecule has 0 bridgehead atoms. The third kappa shape index (κ3) is 4.22. The molecule has 4 nitrogen and oxygen atoms in total. The van der Waals surface area contributed by atoms with Crippen molar-refractivity contribution in [2.24, 2.45) is 0 Å². The molecule has 0 spiro atoms. The van der Waals surface area contributed by atoms with E-state index in [-0.39, 0.29) is 5.91 Å². The lowest BCUT2D eigenvalue weighted by Crippen LogP contribution is -2.22. The van der Waals surface area contributed by atoms with E-state index in [0.29, 0.717) is 19.0 Å². The Hall–Kier alpha value is -1.53. The van der Waals surface area contributed by atoms with Gasteiger partial charge in [0, 0.05) is 23.2 Å². The topological polar surface area (TPSA) is 51.2 Å². The Balaban J connectivity index is 2.01. The van der Waals surface area contributed by atoms with E-state index in [0.717, 1.165) is 21.8 Å². The van der Waals surface area contributed by atoms with Crippen molar-refractivity contribution in [3.8, 4) is 5.88 Å². The van der Waals surface area contributed by atoms with Crippen LogP contribution in [0.15, 0.2) is 34.7 Å². The van der Waals surface area contributed by atoms with Gasteiger partial charge < -0.3 is 10.1 Å². The first-order valence-corrected chi connectivity index (χ1v) is 8.83. The molecule has 2 aromatic heterocycles. The van der Waals surface area contributed by atoms with Crippen LogP contribution in [0.3, 0.4) is 0 Å². The van der Waals surface area contributed by atoms with Crippen molar-refractivity contribution in [3.63, 3.8) is 0 Å². The zero-order valence-corrected chi connectivity index (χ0v) is 13.7. The van der Waals surface area contributed by atoms with Gasteiger partial charge >= 0.3 is 0 Å². The van der Waals surface area contributed by atoms with Crippen LogP contribution in [0.5, 0.6) is 5.88 Å². The predicted octanol–water partition coefficient (Wildman–Crippen LogP) is 3.58. The maximum Gasteiger partial charge on any atom is 0.262 e. The fourth-order valence-electron chi connectivity index (χ4n) is 1.77. The quantitative estimate of drug-likeness (QED) is 0.792. The molecule has 0 saturated heterocycles. The minimum atomic E-state index is -0.0559. The number of amides is 1. The first-order chi connectivity index (χ1) is 10.3. The van der Waals surface area contributed by atoms with E-state index in [2.05, 4.69) is 10.3 Å². The summed E-state index contributed by atoms with van der Waals surface area (Å²) in [7, 11) is 0. The third-order valence-electron chi connectivity index (χ3n) is 2.79. The second-order valence-electron chi connectivity index (χ2n) is 4.32. The van der Waals surface area contributed by atoms with Gasteiger partial charge in [0.25, 0.3) is 5.91 Å². The number of ether oxygens (including phenoxy) is 1. The van der Waals surface area contributed by atoms with E-state index < -0.39 is 0 Å². The van der Waals surface area contributed by atoms with Crippen molar-refractivity contribution in [1.82, 2.24) is 10.3 Å². The van der Waals surface area contributed by atoms with Crippen molar-refractivity contribution >= 4 is 29.0 Å². The third-order valence-corrected chi connectivity index (χ3v) is 4.61. The second-order valence-corrected chi connectivity index (χ2v) is 6.08. The number of rotatable bonds is 7. The number of nitrogens with zero attached hydrogens (tertiary/aromatic N) is 1. The van der Waals surface area contributed by atoms with Crippen LogP contribution in [0, 0.1) is 0 Å². The molecule has 0 fully saturated rings. The molecule has 0 atom stereocenters. The summed E-state index contributed by atoms with van der Waals surface area (Å²) in [5, 5.41) is 4.86. The average molecular weight is 322 g/mol. The number of carbonyl (C=O) groups is 1. The lowest BCUT2D eigenvalue weighted by molar-refractivity contribution is 0.0952. The summed E-state index contributed by atoms with van der Waals surface area (Å²) in [4.78, 5) is 18.2. The van der Waals surface area contributed by atoms with Crippen LogP contribution < -0.4 is 10.1 Å². The SMILES string of the molecule is CCCOc1ncccc1CNC(=O)c1sccc1SC. The highest BCUT2D eigenvalue weighted by Crippen LogP contribution is 2.25. The standard InChI is InChI=1S/C15H18N2O2S2/c1-3-8-19-15-11(5-4-7-16-15)10-17-14(18)13-12(20-2)6-9-21-13/h4-7,9H,3,8,10H2,1-2H3,(H,17,18). The van der Waals surface area contributed by atoms with Gasteiger partial charge in [0.05, 0.1) is 6.61 Å². The summed E-state index contributed by atoms with van der Waals surface area (Å²) < 4.78 is 5.59. The lowest BCUT2D eigenvalue weighted by atomic mass is 10.2. The number of pyridine rings is 1. The smallest absolute Gasteiger partial charge is 0.262 e. The van der Waals surface area contributed by atoms with Crippen molar-refractivity contribution < 1.29 is 9.53 Å². The average Bonchev–Trinajstić information content (AvgIpc) is 3.00. The summed E-state index contributed by atoms with van der Waals surface area (Å²) in [6.07, 6.45) is 4.59. The first kappa shape index (κ1) is 15.9. The maximum absolute atomic E-state index is 12.2. The van der Waals surface area contributed by atoms with Gasteiger partial charge in [-0.15, -0.1) is 23.1 Å². The Labute approximate surface area is 132 Å². The van der Waals surface area contributed by atoms with E-state index >= 15 is 0 Å². The minimum absolute atomic E-state index is 0.0559. The van der Waals surface area contributed by atoms with E-state index in [9.17, 15) is 4.79 Å². The summed E-state index contributed by atoms with van der Waals surface area (Å²) in [5.74, 6) is 0.538. The Kier molecular flexibility index (Phi) is 6.07. The van der Waals surface area contributed by atoms with Gasteiger partial charge in [0.1, 0.15) is 4.88 Å². The molecule has 0 aromatic carbocycles. The van der Waals surface area contributed by atoms with Crippen LogP contribution in [0.1, 0.15) is 28.6 Å². The molecule has 0 saturated carbocycles. The fourth-order valence-corrected chi connectivity index (χ4v) is 3.43. The highest BCUT2D eigenvalue weighted by Gasteiger charge is 2.13. The van der Waals surface area contributed by atoms with Crippen LogP contribution in [-0.4, -0.2) is 23.8 Å². The van der Waals surface area contributed by atoms with Crippen molar-refractivity contribution in [2.75, 3.05) is 12.9 Å². The zero-order valence-electron chi connectivity index (χ0n) is 12.1. The summed E-state index contributed by atoms with van der Waals surface area (Å²) in [5.41, 5.74) is 0.890. The molecule has 0 aliphatic carbocycles. The molecular weight excluding hydrogens is 304 g/mol. The molecule has 6 heteroatoms. The number of nitrogens with one attached hydrogen (secondary N) is 1. The Morgan fingerprint density at radius 1 is 1.48 bits per heavy atom. The first-order valence-electron chi connectivity index (χ1n) is 6.72. The van der Waals surface area contributed by atoms with Gasteiger partial charge in [0.2, 0.25) is 5.88 Å². The molecule has 21 heavy (non-hydrogen) atoms. The lowest BCUT2D eigenvalue weighted by Gasteiger charge is -2.10. The molecule has 0 aliphatic rings. The highest BCUT2D eigenvalue weighted by molar-refractivity contribution is 7.98. The predicted molar refractivity (Wildman–Crippen MR) is 87.3 cm³/mol. The second kappa shape index (κ2) is 8.05. The molecule has 0 aliphatic heterocycles. The summed E-state index contributed by atoms with van der Waals surface area (Å²) in [6, 6.07) is 5.73. The Morgan fingerprint density at radius 2 is 2.33 bits per heavy atom. The van der Waals surface area contributed by atoms with Gasteiger partial charge in [-0.1, -0.05) is 13.0 Å². The fraction of sp³-hybridized carbons (Fsp3) is 0.333. The zero-order chi connectivity index (χ0) is 15.1. The van der Waals surface area contributed by atoms with Crippen LogP contribution in [0.25, 0.3) is 0 Å². The number of hydrogen-bond acceptors (Lipinski definition) is 5. The number of thiophene rings is 1. The van der Waals surface area contributed by atoms with E-state index in [1.54, 1.807) is 18.0 Å². The number of hydrogen-bond donors (Lipinski definition) is 1. The molecule has 2 heterocycles. The van der Waals surface area contributed by atoms with Crippen LogP contribution >= 0.6 is 23.1 Å². The van der Waals surface area contributed by atoms with E-state index in [1.165, 1.54) is 11.3 Å². The highest BCUT2D eigenvalue weighted by atomic mass is 32.2. The monoisotopic (exact) mass is 322 g/mol. The summed E-state index contributed by atoms with van der Waals surface area (Å²) >= 11 is 3.03. The van der Waals surface area contributed by atoms with Gasteiger partial charge in [-0.25, -0.2) is 4.98 Å². The number of aromatic nitrogens is 1. The maximum atomic E-state index is 12.2. The van der Waals surface area contributed by atoms with Crippen molar-refractivity contribution in [3.05, 3.63) is 40.2 Å². The van der Waals surface area contributed by atoms with Gasteiger partial charge in [-0.2, -0.15) is 0 Å². The number of thioether (sulfide) groups is 1. The minimum Gasteiger partial charge on any atom is -0.477 e. The molecule has 2 rings (SSSR count). The molecule has 112 valence electrons. The van der Waals surface area contributed by atoms with Gasteiger partial charge in [0.15, 0.2) is 0 Å². The summed E-state index contributed by atoms with van der Waals surface area (Å²) in [6.45, 7) is 3.09. The van der Waals surface area contributed by atoms with Gasteiger partial charge in [-0.05, 0) is 30.2 Å². The largest absolute Gasteiger partial charge is 0.477 e. The van der Waals surface area contributed by atoms with Crippen molar-refractivity contribution in [2.45, 2.75) is 24.8 Å². The van der Waals surface area contributed by atoms with E-state index in [4.69, 9.17) is 4.74 Å². The molecule has 1 N–H and O–H groups in total. The van der Waals surface area contributed by atoms with Crippen LogP contribution in [-0.2, 0) is 6.54 Å². The molecule has 0 unspecified atom stereocenters. The molecule has 2 aromatic rings. The van der Waals surface area contributed by atoms with Crippen LogP contribution in [0.4, 0.5) is 0 Å². The van der Waals surface area contributed by atoms with Gasteiger partial charge in [-0.3, -0.25) is 4.79 Å². The van der Waals surface area contributed by atoms with E-state index in [1.807, 2.05) is 36.8 Å². The molecule has 1 amide bonds.